The summed E-state index contributed by atoms with van der Waals surface area (Å²) >= 11 is 1.56. The first kappa shape index (κ1) is 12.0. The molecule has 1 unspecified atom stereocenters. The lowest BCUT2D eigenvalue weighted by Crippen LogP contribution is -2.25. The van der Waals surface area contributed by atoms with Crippen LogP contribution in [0.25, 0.3) is 0 Å². The van der Waals surface area contributed by atoms with E-state index < -0.39 is 0 Å². The third-order valence-electron chi connectivity index (χ3n) is 2.91. The minimum atomic E-state index is -0.120. The molecule has 0 radical (unpaired) electrons. The molecule has 98 valence electrons. The van der Waals surface area contributed by atoms with Gasteiger partial charge in [0.25, 0.3) is 5.91 Å². The maximum atomic E-state index is 11.3. The zero-order chi connectivity index (χ0) is 13.2. The van der Waals surface area contributed by atoms with Crippen LogP contribution in [0.3, 0.4) is 0 Å². The van der Waals surface area contributed by atoms with Gasteiger partial charge in [0.15, 0.2) is 11.7 Å². The summed E-state index contributed by atoms with van der Waals surface area (Å²) in [7, 11) is 0. The smallest absolute Gasteiger partial charge is 0.262 e. The molecule has 19 heavy (non-hydrogen) atoms. The Morgan fingerprint density at radius 3 is 3.21 bits per heavy atom. The number of ether oxygens (including phenoxy) is 1. The van der Waals surface area contributed by atoms with Crippen LogP contribution in [0.2, 0.25) is 0 Å². The zero-order valence-corrected chi connectivity index (χ0v) is 11.2. The Morgan fingerprint density at radius 2 is 2.42 bits per heavy atom. The fourth-order valence-corrected chi connectivity index (χ4v) is 2.55. The van der Waals surface area contributed by atoms with Crippen LogP contribution in [0.4, 0.5) is 10.8 Å². The number of benzene rings is 1. The lowest BCUT2D eigenvalue weighted by molar-refractivity contribution is -0.118. The van der Waals surface area contributed by atoms with Gasteiger partial charge < -0.3 is 15.4 Å². The van der Waals surface area contributed by atoms with Gasteiger partial charge in [0.2, 0.25) is 0 Å². The van der Waals surface area contributed by atoms with E-state index in [0.29, 0.717) is 5.75 Å². The van der Waals surface area contributed by atoms with Crippen molar-refractivity contribution in [3.05, 3.63) is 35.3 Å². The van der Waals surface area contributed by atoms with Gasteiger partial charge >= 0.3 is 0 Å². The summed E-state index contributed by atoms with van der Waals surface area (Å²) in [4.78, 5) is 15.5. The number of anilines is 2. The highest BCUT2D eigenvalue weighted by Gasteiger charge is 2.17. The number of carbonyl (C=O) groups excluding carboxylic acids is 1. The number of nitrogens with one attached hydrogen (secondary N) is 2. The molecule has 1 aliphatic heterocycles. The van der Waals surface area contributed by atoms with Crippen LogP contribution >= 0.6 is 11.3 Å². The van der Waals surface area contributed by atoms with Crippen molar-refractivity contribution in [1.29, 1.82) is 0 Å². The first-order chi connectivity index (χ1) is 9.22. The lowest BCUT2D eigenvalue weighted by Gasteiger charge is -2.20. The molecule has 1 aromatic carbocycles. The molecule has 0 aliphatic carbocycles. The van der Waals surface area contributed by atoms with Crippen LogP contribution in [-0.2, 0) is 4.79 Å². The fraction of sp³-hybridized carbons (Fsp3) is 0.231. The largest absolute Gasteiger partial charge is 0.482 e. The van der Waals surface area contributed by atoms with Gasteiger partial charge in [-0.2, -0.15) is 0 Å². The third kappa shape index (κ3) is 2.53. The van der Waals surface area contributed by atoms with E-state index in [-0.39, 0.29) is 18.6 Å². The van der Waals surface area contributed by atoms with Crippen LogP contribution in [-0.4, -0.2) is 17.5 Å². The molecule has 0 saturated heterocycles. The monoisotopic (exact) mass is 275 g/mol. The molecule has 2 aromatic rings. The number of hydrogen-bond donors (Lipinski definition) is 2. The van der Waals surface area contributed by atoms with Gasteiger partial charge in [-0.1, -0.05) is 6.07 Å². The molecule has 6 heteroatoms. The third-order valence-corrected chi connectivity index (χ3v) is 3.61. The second-order valence-corrected chi connectivity index (χ2v) is 5.19. The Labute approximate surface area is 114 Å². The van der Waals surface area contributed by atoms with E-state index in [0.717, 1.165) is 16.4 Å². The number of rotatable bonds is 3. The summed E-state index contributed by atoms with van der Waals surface area (Å²) in [6.07, 6.45) is 1.76. The number of thiazole rings is 1. The quantitative estimate of drug-likeness (QED) is 0.904. The van der Waals surface area contributed by atoms with E-state index in [1.165, 1.54) is 0 Å². The molecule has 1 aromatic heterocycles. The average molecular weight is 275 g/mol. The molecule has 3 rings (SSSR count). The van der Waals surface area contributed by atoms with E-state index in [1.807, 2.05) is 23.6 Å². The maximum absolute atomic E-state index is 11.3. The number of carbonyl (C=O) groups is 1. The molecular weight excluding hydrogens is 262 g/mol. The topological polar surface area (TPSA) is 63.2 Å². The van der Waals surface area contributed by atoms with Gasteiger partial charge in [-0.25, -0.2) is 4.98 Å². The average Bonchev–Trinajstić information content (AvgIpc) is 2.90. The molecule has 0 spiro atoms. The predicted octanol–water partition coefficient (Wildman–Crippen LogP) is 2.65. The van der Waals surface area contributed by atoms with Crippen LogP contribution in [0.1, 0.15) is 18.5 Å². The van der Waals surface area contributed by atoms with Crippen LogP contribution in [0.15, 0.2) is 29.8 Å². The molecule has 2 N–H and O–H groups in total. The van der Waals surface area contributed by atoms with Crippen LogP contribution < -0.4 is 15.4 Å². The molecule has 0 saturated carbocycles. The van der Waals surface area contributed by atoms with E-state index >= 15 is 0 Å². The molecule has 1 atom stereocenters. The Bertz CT molecular complexity index is 598. The molecule has 1 amide bonds. The van der Waals surface area contributed by atoms with Gasteiger partial charge in [-0.05, 0) is 24.6 Å². The second kappa shape index (κ2) is 4.89. The number of aromatic nitrogens is 1. The van der Waals surface area contributed by atoms with Gasteiger partial charge in [-0.3, -0.25) is 4.79 Å². The Morgan fingerprint density at radius 1 is 1.53 bits per heavy atom. The van der Waals surface area contributed by atoms with Crippen molar-refractivity contribution in [3.8, 4) is 5.75 Å². The summed E-state index contributed by atoms with van der Waals surface area (Å²) < 4.78 is 5.33. The number of hydrogen-bond acceptors (Lipinski definition) is 5. The summed E-state index contributed by atoms with van der Waals surface area (Å²) in [6.45, 7) is 2.13. The zero-order valence-electron chi connectivity index (χ0n) is 10.3. The maximum Gasteiger partial charge on any atom is 0.262 e. The molecular formula is C13H13N3O2S. The highest BCUT2D eigenvalue weighted by molar-refractivity contribution is 7.13. The Hall–Kier alpha value is -2.08. The second-order valence-electron chi connectivity index (χ2n) is 4.30. The molecule has 1 aliphatic rings. The van der Waals surface area contributed by atoms with Crippen molar-refractivity contribution in [2.24, 2.45) is 0 Å². The van der Waals surface area contributed by atoms with Crippen molar-refractivity contribution < 1.29 is 9.53 Å². The van der Waals surface area contributed by atoms with Crippen molar-refractivity contribution in [2.75, 3.05) is 17.2 Å². The van der Waals surface area contributed by atoms with Gasteiger partial charge in [0.05, 0.1) is 11.7 Å². The van der Waals surface area contributed by atoms with Gasteiger partial charge in [-0.15, -0.1) is 11.3 Å². The highest BCUT2D eigenvalue weighted by atomic mass is 32.1. The van der Waals surface area contributed by atoms with Crippen molar-refractivity contribution in [1.82, 2.24) is 4.98 Å². The van der Waals surface area contributed by atoms with Crippen LogP contribution in [0, 0.1) is 0 Å². The molecule has 0 fully saturated rings. The first-order valence-electron chi connectivity index (χ1n) is 5.95. The highest BCUT2D eigenvalue weighted by Crippen LogP contribution is 2.31. The number of nitrogens with zero attached hydrogens (tertiary/aromatic N) is 1. The molecule has 2 heterocycles. The Balaban J connectivity index is 1.81. The summed E-state index contributed by atoms with van der Waals surface area (Å²) in [5, 5.41) is 8.93. The van der Waals surface area contributed by atoms with E-state index in [9.17, 15) is 4.79 Å². The van der Waals surface area contributed by atoms with E-state index in [2.05, 4.69) is 22.5 Å². The minimum Gasteiger partial charge on any atom is -0.482 e. The normalized spacial score (nSPS) is 15.1. The van der Waals surface area contributed by atoms with E-state index in [1.54, 1.807) is 17.5 Å². The Kier molecular flexibility index (Phi) is 3.08. The molecule has 0 bridgehead atoms. The van der Waals surface area contributed by atoms with E-state index in [4.69, 9.17) is 4.74 Å². The van der Waals surface area contributed by atoms with Gasteiger partial charge in [0.1, 0.15) is 5.75 Å². The number of amides is 1. The van der Waals surface area contributed by atoms with Crippen molar-refractivity contribution >= 4 is 28.1 Å². The standard InChI is InChI=1S/C13H13N3O2S/c1-8(15-13-14-4-5-19-13)9-2-3-11-10(6-9)16-12(17)7-18-11/h2-6,8H,7H2,1H3,(H,14,15)(H,16,17). The summed E-state index contributed by atoms with van der Waals surface area (Å²) in [5.74, 6) is 0.593. The van der Waals surface area contributed by atoms with Crippen molar-refractivity contribution in [3.63, 3.8) is 0 Å². The summed E-state index contributed by atoms with van der Waals surface area (Å²) in [5.41, 5.74) is 1.79. The van der Waals surface area contributed by atoms with Gasteiger partial charge in [0, 0.05) is 11.6 Å². The fourth-order valence-electron chi connectivity index (χ4n) is 1.93. The summed E-state index contributed by atoms with van der Waals surface area (Å²) in [6, 6.07) is 5.90. The predicted molar refractivity (Wildman–Crippen MR) is 74.7 cm³/mol. The molecule has 5 nitrogen and oxygen atoms in total. The van der Waals surface area contributed by atoms with Crippen molar-refractivity contribution in [2.45, 2.75) is 13.0 Å². The number of fused-ring (bicyclic) bond motifs is 1. The first-order valence-corrected chi connectivity index (χ1v) is 6.83. The minimum absolute atomic E-state index is 0.0826. The lowest BCUT2D eigenvalue weighted by atomic mass is 10.1. The SMILES string of the molecule is CC(Nc1nccs1)c1ccc2c(c1)NC(=O)CO2. The van der Waals surface area contributed by atoms with Crippen LogP contribution in [0.5, 0.6) is 5.75 Å².